The van der Waals surface area contributed by atoms with E-state index in [1.54, 1.807) is 0 Å². The predicted octanol–water partition coefficient (Wildman–Crippen LogP) is 0.479. The molecule has 2 N–H and O–H groups in total. The fourth-order valence-corrected chi connectivity index (χ4v) is 3.03. The van der Waals surface area contributed by atoms with Gasteiger partial charge in [0.25, 0.3) is 0 Å². The number of hydrogen-bond donors (Lipinski definition) is 1. The number of thioether (sulfide) groups is 1. The molecule has 6 nitrogen and oxygen atoms in total. The highest BCUT2D eigenvalue weighted by Crippen LogP contribution is 2.40. The summed E-state index contributed by atoms with van der Waals surface area (Å²) in [6, 6.07) is 0.475. The highest BCUT2D eigenvalue weighted by molar-refractivity contribution is 8.00. The van der Waals surface area contributed by atoms with Gasteiger partial charge in [-0.3, -0.25) is 4.79 Å². The van der Waals surface area contributed by atoms with Gasteiger partial charge in [0.1, 0.15) is 11.1 Å². The zero-order valence-electron chi connectivity index (χ0n) is 9.33. The third-order valence-electron chi connectivity index (χ3n) is 2.96. The van der Waals surface area contributed by atoms with E-state index in [2.05, 4.69) is 14.8 Å². The highest BCUT2D eigenvalue weighted by Gasteiger charge is 2.33. The largest absolute Gasteiger partial charge is 0.465 e. The number of nitrogens with two attached hydrogens (primary N) is 1. The lowest BCUT2D eigenvalue weighted by Crippen LogP contribution is -2.12. The van der Waals surface area contributed by atoms with Crippen LogP contribution in [0.1, 0.15) is 31.1 Å². The second kappa shape index (κ2) is 4.30. The maximum atomic E-state index is 11.4. The third kappa shape index (κ3) is 2.04. The molecule has 0 bridgehead atoms. The third-order valence-corrected chi connectivity index (χ3v) is 4.17. The van der Waals surface area contributed by atoms with Gasteiger partial charge in [-0.25, -0.2) is 0 Å². The summed E-state index contributed by atoms with van der Waals surface area (Å²) in [6.07, 6.45) is 3.04. The van der Waals surface area contributed by atoms with Crippen molar-refractivity contribution in [3.63, 3.8) is 0 Å². The molecule has 0 spiro atoms. The molecule has 1 aromatic heterocycles. The Morgan fingerprint density at radius 2 is 2.24 bits per heavy atom. The predicted molar refractivity (Wildman–Crippen MR) is 61.4 cm³/mol. The smallest absolute Gasteiger partial charge is 0.319 e. The standard InChI is InChI=1S/C10H14N4O2S/c11-5-8-12-13-10(14(8)6-1-2-6)17-7-3-4-16-9(7)15/h6-7H,1-5,11H2. The number of rotatable bonds is 4. The second-order valence-corrected chi connectivity index (χ2v) is 5.44. The van der Waals surface area contributed by atoms with Crippen LogP contribution in [0.2, 0.25) is 0 Å². The Balaban J connectivity index is 1.82. The van der Waals surface area contributed by atoms with Crippen LogP contribution in [0.15, 0.2) is 5.16 Å². The molecule has 7 heteroatoms. The van der Waals surface area contributed by atoms with E-state index in [4.69, 9.17) is 10.5 Å². The zero-order chi connectivity index (χ0) is 11.8. The number of hydrogen-bond acceptors (Lipinski definition) is 6. The molecule has 2 fully saturated rings. The average molecular weight is 254 g/mol. The lowest BCUT2D eigenvalue weighted by Gasteiger charge is -2.08. The van der Waals surface area contributed by atoms with Crippen molar-refractivity contribution in [1.29, 1.82) is 0 Å². The first-order valence-electron chi connectivity index (χ1n) is 5.76. The summed E-state index contributed by atoms with van der Waals surface area (Å²) in [5, 5.41) is 8.88. The molecule has 1 saturated carbocycles. The normalized spacial score (nSPS) is 24.1. The average Bonchev–Trinajstić information content (AvgIpc) is 2.97. The van der Waals surface area contributed by atoms with Crippen LogP contribution in [-0.2, 0) is 16.1 Å². The van der Waals surface area contributed by atoms with E-state index in [0.717, 1.165) is 30.2 Å². The quantitative estimate of drug-likeness (QED) is 0.787. The second-order valence-electron chi connectivity index (χ2n) is 4.27. The summed E-state index contributed by atoms with van der Waals surface area (Å²) in [4.78, 5) is 11.4. The van der Waals surface area contributed by atoms with E-state index in [9.17, 15) is 4.79 Å². The Morgan fingerprint density at radius 3 is 2.82 bits per heavy atom. The van der Waals surface area contributed by atoms with Crippen molar-refractivity contribution in [3.8, 4) is 0 Å². The van der Waals surface area contributed by atoms with Crippen molar-refractivity contribution in [1.82, 2.24) is 14.8 Å². The fourth-order valence-electron chi connectivity index (χ4n) is 1.94. The summed E-state index contributed by atoms with van der Waals surface area (Å²) in [7, 11) is 0. The zero-order valence-corrected chi connectivity index (χ0v) is 10.2. The number of carbonyl (C=O) groups is 1. The number of carbonyl (C=O) groups excluding carboxylic acids is 1. The minimum atomic E-state index is -0.144. The number of ether oxygens (including phenoxy) is 1. The van der Waals surface area contributed by atoms with Crippen LogP contribution in [0.5, 0.6) is 0 Å². The molecule has 1 aromatic rings. The molecule has 0 aromatic carbocycles. The molecule has 0 amide bonds. The number of aromatic nitrogens is 3. The molecule has 2 heterocycles. The molecule has 1 aliphatic heterocycles. The van der Waals surface area contributed by atoms with Gasteiger partial charge in [-0.15, -0.1) is 10.2 Å². The first-order valence-corrected chi connectivity index (χ1v) is 6.64. The Hall–Kier alpha value is -1.08. The van der Waals surface area contributed by atoms with Crippen LogP contribution in [0.25, 0.3) is 0 Å². The van der Waals surface area contributed by atoms with Gasteiger partial charge in [0.15, 0.2) is 5.16 Å². The first-order chi connectivity index (χ1) is 8.29. The van der Waals surface area contributed by atoms with E-state index >= 15 is 0 Å². The Bertz CT molecular complexity index is 444. The van der Waals surface area contributed by atoms with Gasteiger partial charge in [0, 0.05) is 12.5 Å². The van der Waals surface area contributed by atoms with Gasteiger partial charge >= 0.3 is 5.97 Å². The molecule has 1 unspecified atom stereocenters. The molecule has 1 aliphatic carbocycles. The van der Waals surface area contributed by atoms with Crippen LogP contribution >= 0.6 is 11.8 Å². The van der Waals surface area contributed by atoms with Gasteiger partial charge in [-0.1, -0.05) is 11.8 Å². The summed E-state index contributed by atoms with van der Waals surface area (Å²) < 4.78 is 7.02. The molecule has 17 heavy (non-hydrogen) atoms. The minimum Gasteiger partial charge on any atom is -0.465 e. The number of nitrogens with zero attached hydrogens (tertiary/aromatic N) is 3. The molecule has 92 valence electrons. The van der Waals surface area contributed by atoms with Crippen molar-refractivity contribution in [3.05, 3.63) is 5.82 Å². The van der Waals surface area contributed by atoms with Crippen LogP contribution < -0.4 is 5.73 Å². The Labute approximate surface area is 103 Å². The molecule has 3 rings (SSSR count). The van der Waals surface area contributed by atoms with Crippen molar-refractivity contribution >= 4 is 17.7 Å². The summed E-state index contributed by atoms with van der Waals surface area (Å²) in [5.74, 6) is 0.663. The van der Waals surface area contributed by atoms with Crippen molar-refractivity contribution in [2.45, 2.75) is 42.3 Å². The molecule has 2 aliphatic rings. The highest BCUT2D eigenvalue weighted by atomic mass is 32.2. The minimum absolute atomic E-state index is 0.137. The lowest BCUT2D eigenvalue weighted by atomic mass is 10.4. The monoisotopic (exact) mass is 254 g/mol. The Kier molecular flexibility index (Phi) is 2.79. The van der Waals surface area contributed by atoms with Gasteiger partial charge in [0.2, 0.25) is 0 Å². The maximum absolute atomic E-state index is 11.4. The molecular formula is C10H14N4O2S. The summed E-state index contributed by atoms with van der Waals surface area (Å²) in [6.45, 7) is 0.900. The van der Waals surface area contributed by atoms with E-state index in [-0.39, 0.29) is 11.2 Å². The first kappa shape index (κ1) is 11.0. The molecule has 0 radical (unpaired) electrons. The van der Waals surface area contributed by atoms with E-state index in [1.807, 2.05) is 0 Å². The Morgan fingerprint density at radius 1 is 1.41 bits per heavy atom. The number of esters is 1. The summed E-state index contributed by atoms with van der Waals surface area (Å²) >= 11 is 1.45. The molecule has 1 saturated heterocycles. The van der Waals surface area contributed by atoms with Crippen LogP contribution in [0.4, 0.5) is 0 Å². The fraction of sp³-hybridized carbons (Fsp3) is 0.700. The lowest BCUT2D eigenvalue weighted by molar-refractivity contribution is -0.137. The molecular weight excluding hydrogens is 240 g/mol. The van der Waals surface area contributed by atoms with Gasteiger partial charge in [-0.2, -0.15) is 0 Å². The van der Waals surface area contributed by atoms with E-state index in [1.165, 1.54) is 11.8 Å². The van der Waals surface area contributed by atoms with Gasteiger partial charge < -0.3 is 15.0 Å². The van der Waals surface area contributed by atoms with Crippen molar-refractivity contribution in [2.24, 2.45) is 5.73 Å². The van der Waals surface area contributed by atoms with Gasteiger partial charge in [0.05, 0.1) is 13.2 Å². The summed E-state index contributed by atoms with van der Waals surface area (Å²) in [5.41, 5.74) is 5.64. The SMILES string of the molecule is NCc1nnc(SC2CCOC2=O)n1C1CC1. The topological polar surface area (TPSA) is 83.0 Å². The van der Waals surface area contributed by atoms with Crippen molar-refractivity contribution < 1.29 is 9.53 Å². The van der Waals surface area contributed by atoms with Crippen molar-refractivity contribution in [2.75, 3.05) is 6.61 Å². The van der Waals surface area contributed by atoms with Crippen LogP contribution in [-0.4, -0.2) is 32.6 Å². The van der Waals surface area contributed by atoms with E-state index < -0.39 is 0 Å². The maximum Gasteiger partial charge on any atom is 0.319 e. The van der Waals surface area contributed by atoms with Gasteiger partial charge in [-0.05, 0) is 12.8 Å². The van der Waals surface area contributed by atoms with E-state index in [0.29, 0.717) is 19.2 Å². The molecule has 1 atom stereocenters. The van der Waals surface area contributed by atoms with Crippen LogP contribution in [0, 0.1) is 0 Å². The van der Waals surface area contributed by atoms with Crippen LogP contribution in [0.3, 0.4) is 0 Å². The number of cyclic esters (lactones) is 1.